The Labute approximate surface area is 174 Å². The second-order valence-corrected chi connectivity index (χ2v) is 8.27. The van der Waals surface area contributed by atoms with E-state index in [1.807, 2.05) is 12.1 Å². The Hall–Kier alpha value is -2.33. The van der Waals surface area contributed by atoms with Crippen LogP contribution in [0.5, 0.6) is 5.75 Å². The number of nitrogens with one attached hydrogen (secondary N) is 1. The molecule has 4 nitrogen and oxygen atoms in total. The predicted molar refractivity (Wildman–Crippen MR) is 116 cm³/mol. The van der Waals surface area contributed by atoms with Gasteiger partial charge in [-0.25, -0.2) is 0 Å². The summed E-state index contributed by atoms with van der Waals surface area (Å²) in [7, 11) is 1.69. The van der Waals surface area contributed by atoms with E-state index in [4.69, 9.17) is 4.74 Å². The van der Waals surface area contributed by atoms with Crippen molar-refractivity contribution in [1.82, 2.24) is 10.2 Å². The average Bonchev–Trinajstić information content (AvgIpc) is 2.80. The van der Waals surface area contributed by atoms with Crippen LogP contribution in [-0.4, -0.2) is 37.6 Å². The van der Waals surface area contributed by atoms with Crippen LogP contribution < -0.4 is 10.1 Å². The van der Waals surface area contributed by atoms with Crippen molar-refractivity contribution in [3.63, 3.8) is 0 Å². The van der Waals surface area contributed by atoms with Crippen molar-refractivity contribution in [2.45, 2.75) is 50.5 Å². The van der Waals surface area contributed by atoms with Gasteiger partial charge in [-0.05, 0) is 74.0 Å². The van der Waals surface area contributed by atoms with Crippen molar-refractivity contribution < 1.29 is 9.53 Å². The van der Waals surface area contributed by atoms with Crippen molar-refractivity contribution in [3.8, 4) is 5.75 Å². The molecule has 4 rings (SSSR count). The Morgan fingerprint density at radius 2 is 1.83 bits per heavy atom. The number of likely N-dealkylation sites (tertiary alicyclic amines) is 1. The highest BCUT2D eigenvalue weighted by molar-refractivity contribution is 5.84. The Morgan fingerprint density at radius 1 is 1.07 bits per heavy atom. The summed E-state index contributed by atoms with van der Waals surface area (Å²) in [5.41, 5.74) is 3.80. The molecule has 2 aliphatic rings. The monoisotopic (exact) mass is 392 g/mol. The molecule has 1 aliphatic carbocycles. The van der Waals surface area contributed by atoms with Gasteiger partial charge in [-0.15, -0.1) is 0 Å². The van der Waals surface area contributed by atoms with Crippen LogP contribution in [0.15, 0.2) is 48.5 Å². The van der Waals surface area contributed by atoms with Crippen molar-refractivity contribution in [2.75, 3.05) is 26.7 Å². The maximum Gasteiger partial charge on any atom is 0.227 e. The van der Waals surface area contributed by atoms with Crippen molar-refractivity contribution in [1.29, 1.82) is 0 Å². The molecule has 2 aromatic carbocycles. The van der Waals surface area contributed by atoms with Crippen molar-refractivity contribution in [2.24, 2.45) is 0 Å². The highest BCUT2D eigenvalue weighted by Crippen LogP contribution is 2.32. The van der Waals surface area contributed by atoms with E-state index in [0.717, 1.165) is 38.1 Å². The molecule has 0 bridgehead atoms. The SMILES string of the molecule is COc1ccc(C(CNC(=O)C2CCCc3ccccc32)N2CCCCC2)cc1. The van der Waals surface area contributed by atoms with Crippen LogP contribution in [0.25, 0.3) is 0 Å². The van der Waals surface area contributed by atoms with Crippen LogP contribution in [0, 0.1) is 0 Å². The van der Waals surface area contributed by atoms with Gasteiger partial charge in [-0.3, -0.25) is 9.69 Å². The van der Waals surface area contributed by atoms with Crippen molar-refractivity contribution in [3.05, 3.63) is 65.2 Å². The van der Waals surface area contributed by atoms with Gasteiger partial charge < -0.3 is 10.1 Å². The molecule has 2 aromatic rings. The van der Waals surface area contributed by atoms with Gasteiger partial charge in [0.2, 0.25) is 5.91 Å². The van der Waals surface area contributed by atoms with Gasteiger partial charge >= 0.3 is 0 Å². The lowest BCUT2D eigenvalue weighted by Crippen LogP contribution is -2.42. The number of fused-ring (bicyclic) bond motifs is 1. The third-order valence-corrected chi connectivity index (χ3v) is 6.49. The molecule has 2 unspecified atom stereocenters. The number of nitrogens with zero attached hydrogens (tertiary/aromatic N) is 1. The quantitative estimate of drug-likeness (QED) is 0.789. The van der Waals surface area contributed by atoms with Gasteiger partial charge in [-0.2, -0.15) is 0 Å². The van der Waals surface area contributed by atoms with Gasteiger partial charge in [0.1, 0.15) is 5.75 Å². The number of aryl methyl sites for hydroxylation is 1. The maximum absolute atomic E-state index is 13.1. The van der Waals surface area contributed by atoms with Gasteiger partial charge in [-0.1, -0.05) is 42.8 Å². The lowest BCUT2D eigenvalue weighted by atomic mass is 9.82. The number of ether oxygens (including phenoxy) is 1. The molecular formula is C25H32N2O2. The number of piperidine rings is 1. The summed E-state index contributed by atoms with van der Waals surface area (Å²) in [6.45, 7) is 2.85. The second kappa shape index (κ2) is 9.45. The Balaban J connectivity index is 1.48. The topological polar surface area (TPSA) is 41.6 Å². The molecule has 1 heterocycles. The van der Waals surface area contributed by atoms with Gasteiger partial charge in [0.05, 0.1) is 19.1 Å². The van der Waals surface area contributed by atoms with Crippen LogP contribution in [0.2, 0.25) is 0 Å². The Morgan fingerprint density at radius 3 is 2.59 bits per heavy atom. The van der Waals surface area contributed by atoms with Crippen LogP contribution in [0.3, 0.4) is 0 Å². The first-order chi connectivity index (χ1) is 14.3. The Kier molecular flexibility index (Phi) is 6.50. The van der Waals surface area contributed by atoms with E-state index < -0.39 is 0 Å². The molecule has 0 aromatic heterocycles. The molecule has 1 amide bonds. The fourth-order valence-corrected chi connectivity index (χ4v) is 4.86. The summed E-state index contributed by atoms with van der Waals surface area (Å²) >= 11 is 0. The highest BCUT2D eigenvalue weighted by atomic mass is 16.5. The first kappa shape index (κ1) is 20.0. The van der Waals surface area contributed by atoms with Crippen LogP contribution in [0.1, 0.15) is 60.8 Å². The molecule has 2 atom stereocenters. The molecule has 0 radical (unpaired) electrons. The summed E-state index contributed by atoms with van der Waals surface area (Å²) < 4.78 is 5.32. The van der Waals surface area contributed by atoms with Crippen LogP contribution in [-0.2, 0) is 11.2 Å². The minimum absolute atomic E-state index is 0.0159. The third-order valence-electron chi connectivity index (χ3n) is 6.49. The molecule has 1 aliphatic heterocycles. The number of methoxy groups -OCH3 is 1. The molecule has 1 N–H and O–H groups in total. The molecule has 29 heavy (non-hydrogen) atoms. The molecule has 0 saturated carbocycles. The minimum Gasteiger partial charge on any atom is -0.497 e. The van der Waals surface area contributed by atoms with Gasteiger partial charge in [0.25, 0.3) is 0 Å². The minimum atomic E-state index is -0.0159. The van der Waals surface area contributed by atoms with Gasteiger partial charge in [0.15, 0.2) is 0 Å². The summed E-state index contributed by atoms with van der Waals surface area (Å²) in [6.07, 6.45) is 6.88. The average molecular weight is 393 g/mol. The zero-order valence-corrected chi connectivity index (χ0v) is 17.4. The van der Waals surface area contributed by atoms with Crippen LogP contribution in [0.4, 0.5) is 0 Å². The number of rotatable bonds is 6. The van der Waals surface area contributed by atoms with E-state index in [1.54, 1.807) is 7.11 Å². The number of amides is 1. The smallest absolute Gasteiger partial charge is 0.227 e. The summed E-state index contributed by atoms with van der Waals surface area (Å²) in [5, 5.41) is 3.31. The van der Waals surface area contributed by atoms with Gasteiger partial charge in [0, 0.05) is 6.54 Å². The van der Waals surface area contributed by atoms with Crippen LogP contribution >= 0.6 is 0 Å². The fraction of sp³-hybridized carbons (Fsp3) is 0.480. The first-order valence-corrected chi connectivity index (χ1v) is 11.0. The third kappa shape index (κ3) is 4.64. The zero-order valence-electron chi connectivity index (χ0n) is 17.4. The molecule has 0 spiro atoms. The highest BCUT2D eigenvalue weighted by Gasteiger charge is 2.28. The first-order valence-electron chi connectivity index (χ1n) is 11.0. The zero-order chi connectivity index (χ0) is 20.1. The molecular weight excluding hydrogens is 360 g/mol. The maximum atomic E-state index is 13.1. The molecule has 1 fully saturated rings. The lowest BCUT2D eigenvalue weighted by molar-refractivity contribution is -0.123. The summed E-state index contributed by atoms with van der Waals surface area (Å²) in [6, 6.07) is 17.0. The number of hydrogen-bond donors (Lipinski definition) is 1. The number of carbonyl (C=O) groups is 1. The number of carbonyl (C=O) groups excluding carboxylic acids is 1. The van der Waals surface area contributed by atoms with E-state index in [9.17, 15) is 4.79 Å². The fourth-order valence-electron chi connectivity index (χ4n) is 4.86. The predicted octanol–water partition coefficient (Wildman–Crippen LogP) is 4.46. The van der Waals surface area contributed by atoms with E-state index in [-0.39, 0.29) is 17.9 Å². The van der Waals surface area contributed by atoms with E-state index in [1.165, 1.54) is 36.0 Å². The van der Waals surface area contributed by atoms with E-state index >= 15 is 0 Å². The number of benzene rings is 2. The van der Waals surface area contributed by atoms with Crippen molar-refractivity contribution >= 4 is 5.91 Å². The molecule has 154 valence electrons. The lowest BCUT2D eigenvalue weighted by Gasteiger charge is -2.35. The van der Waals surface area contributed by atoms with E-state index in [0.29, 0.717) is 6.54 Å². The molecule has 4 heteroatoms. The van der Waals surface area contributed by atoms with E-state index in [2.05, 4.69) is 46.6 Å². The normalized spacial score (nSPS) is 20.5. The summed E-state index contributed by atoms with van der Waals surface area (Å²) in [5.74, 6) is 1.03. The largest absolute Gasteiger partial charge is 0.497 e. The number of hydrogen-bond acceptors (Lipinski definition) is 3. The molecule has 1 saturated heterocycles. The summed E-state index contributed by atoms with van der Waals surface area (Å²) in [4.78, 5) is 15.7. The second-order valence-electron chi connectivity index (χ2n) is 8.27. The Bertz CT molecular complexity index is 812. The standard InChI is InChI=1S/C25H32N2O2/c1-29-21-14-12-20(13-15-21)24(27-16-5-2-6-17-27)18-26-25(28)23-11-7-9-19-8-3-4-10-22(19)23/h3-4,8,10,12-15,23-24H,2,5-7,9,11,16-18H2,1H3,(H,26,28).